The van der Waals surface area contributed by atoms with Gasteiger partial charge in [0.2, 0.25) is 10.0 Å². The Balaban J connectivity index is 1.62. The van der Waals surface area contributed by atoms with Crippen molar-refractivity contribution in [2.75, 3.05) is 26.2 Å². The third-order valence-corrected chi connectivity index (χ3v) is 7.45. The van der Waals surface area contributed by atoms with Crippen LogP contribution in [0, 0.1) is 5.82 Å². The molecule has 1 saturated heterocycles. The highest BCUT2D eigenvalue weighted by Crippen LogP contribution is 2.27. The van der Waals surface area contributed by atoms with E-state index in [1.165, 1.54) is 21.5 Å². The molecule has 7 heteroatoms. The molecule has 3 rings (SSSR count). The Morgan fingerprint density at radius 2 is 1.61 bits per heavy atom. The average Bonchev–Trinajstić information content (AvgIpc) is 2.61. The lowest BCUT2D eigenvalue weighted by atomic mass is 9.87. The number of halogens is 2. The standard InChI is InChI=1S/C21H26ClFN2O2S/c1-21(2,3)17-6-4-16(5-7-17)15-24-10-12-25(13-11-24)28(26,27)20-9-8-18(23)14-19(20)22/h4-9,14H,10-13,15H2,1-3H3. The summed E-state index contributed by atoms with van der Waals surface area (Å²) >= 11 is 5.96. The fourth-order valence-electron chi connectivity index (χ4n) is 3.32. The van der Waals surface area contributed by atoms with Gasteiger partial charge in [0.15, 0.2) is 0 Å². The van der Waals surface area contributed by atoms with E-state index in [9.17, 15) is 12.8 Å². The summed E-state index contributed by atoms with van der Waals surface area (Å²) in [4.78, 5) is 2.20. The second-order valence-corrected chi connectivity index (χ2v) is 10.5. The number of nitrogens with zero attached hydrogens (tertiary/aromatic N) is 2. The average molecular weight is 425 g/mol. The van der Waals surface area contributed by atoms with Crippen molar-refractivity contribution in [2.24, 2.45) is 0 Å². The van der Waals surface area contributed by atoms with Crippen molar-refractivity contribution in [3.63, 3.8) is 0 Å². The van der Waals surface area contributed by atoms with Crippen LogP contribution in [0.3, 0.4) is 0 Å². The molecule has 0 radical (unpaired) electrons. The molecule has 0 N–H and O–H groups in total. The van der Waals surface area contributed by atoms with Crippen molar-refractivity contribution in [1.82, 2.24) is 9.21 Å². The minimum Gasteiger partial charge on any atom is -0.296 e. The molecule has 1 aliphatic heterocycles. The molecule has 0 atom stereocenters. The SMILES string of the molecule is CC(C)(C)c1ccc(CN2CCN(S(=O)(=O)c3ccc(F)cc3Cl)CC2)cc1. The molecular formula is C21H26ClFN2O2S. The van der Waals surface area contributed by atoms with Crippen LogP contribution >= 0.6 is 11.6 Å². The van der Waals surface area contributed by atoms with Crippen LogP contribution in [0.25, 0.3) is 0 Å². The fourth-order valence-corrected chi connectivity index (χ4v) is 5.25. The summed E-state index contributed by atoms with van der Waals surface area (Å²) in [5.41, 5.74) is 2.63. The van der Waals surface area contributed by atoms with Gasteiger partial charge in [-0.05, 0) is 34.7 Å². The van der Waals surface area contributed by atoms with Crippen LogP contribution < -0.4 is 0 Å². The molecule has 1 fully saturated rings. The molecule has 152 valence electrons. The van der Waals surface area contributed by atoms with Gasteiger partial charge in [-0.25, -0.2) is 12.8 Å². The molecule has 2 aromatic rings. The van der Waals surface area contributed by atoms with E-state index in [0.717, 1.165) is 18.7 Å². The minimum atomic E-state index is -3.72. The van der Waals surface area contributed by atoms with Gasteiger partial charge in [0.05, 0.1) is 5.02 Å². The number of benzene rings is 2. The van der Waals surface area contributed by atoms with Crippen molar-refractivity contribution in [3.8, 4) is 0 Å². The highest BCUT2D eigenvalue weighted by atomic mass is 35.5. The van der Waals surface area contributed by atoms with E-state index >= 15 is 0 Å². The first kappa shape index (κ1) is 21.2. The second kappa shape index (κ2) is 8.11. The normalized spacial score (nSPS) is 17.0. The largest absolute Gasteiger partial charge is 0.296 e. The molecule has 0 aliphatic carbocycles. The van der Waals surface area contributed by atoms with Crippen LogP contribution in [0.1, 0.15) is 31.9 Å². The fraction of sp³-hybridized carbons (Fsp3) is 0.429. The smallest absolute Gasteiger partial charge is 0.244 e. The van der Waals surface area contributed by atoms with E-state index in [1.54, 1.807) is 0 Å². The monoisotopic (exact) mass is 424 g/mol. The third-order valence-electron chi connectivity index (χ3n) is 5.07. The number of hydrogen-bond acceptors (Lipinski definition) is 3. The van der Waals surface area contributed by atoms with Gasteiger partial charge in [0.1, 0.15) is 10.7 Å². The van der Waals surface area contributed by atoms with Gasteiger partial charge >= 0.3 is 0 Å². The van der Waals surface area contributed by atoms with E-state index in [1.807, 2.05) is 0 Å². The molecule has 28 heavy (non-hydrogen) atoms. The Hall–Kier alpha value is -1.47. The van der Waals surface area contributed by atoms with Crippen molar-refractivity contribution >= 4 is 21.6 Å². The molecule has 0 unspecified atom stereocenters. The third kappa shape index (κ3) is 4.74. The summed E-state index contributed by atoms with van der Waals surface area (Å²) in [6, 6.07) is 12.0. The van der Waals surface area contributed by atoms with Crippen LogP contribution in [-0.4, -0.2) is 43.8 Å². The van der Waals surface area contributed by atoms with E-state index in [4.69, 9.17) is 11.6 Å². The molecule has 4 nitrogen and oxygen atoms in total. The number of rotatable bonds is 4. The van der Waals surface area contributed by atoms with Crippen molar-refractivity contribution in [2.45, 2.75) is 37.6 Å². The van der Waals surface area contributed by atoms with Gasteiger partial charge in [-0.2, -0.15) is 4.31 Å². The summed E-state index contributed by atoms with van der Waals surface area (Å²) in [5.74, 6) is -0.550. The summed E-state index contributed by atoms with van der Waals surface area (Å²) < 4.78 is 40.3. The van der Waals surface area contributed by atoms with E-state index in [-0.39, 0.29) is 15.3 Å². The maximum absolute atomic E-state index is 13.2. The highest BCUT2D eigenvalue weighted by Gasteiger charge is 2.30. The topological polar surface area (TPSA) is 40.6 Å². The van der Waals surface area contributed by atoms with Crippen LogP contribution in [0.15, 0.2) is 47.4 Å². The predicted molar refractivity (Wildman–Crippen MR) is 111 cm³/mol. The van der Waals surface area contributed by atoms with Crippen LogP contribution in [-0.2, 0) is 22.0 Å². The lowest BCUT2D eigenvalue weighted by molar-refractivity contribution is 0.181. The zero-order valence-corrected chi connectivity index (χ0v) is 18.0. The van der Waals surface area contributed by atoms with Gasteiger partial charge in [-0.3, -0.25) is 4.90 Å². The maximum Gasteiger partial charge on any atom is 0.244 e. The summed E-state index contributed by atoms with van der Waals surface area (Å²) in [5, 5.41) is -0.0821. The Morgan fingerprint density at radius 1 is 1.00 bits per heavy atom. The summed E-state index contributed by atoms with van der Waals surface area (Å²) in [7, 11) is -3.72. The lowest BCUT2D eigenvalue weighted by Crippen LogP contribution is -2.48. The van der Waals surface area contributed by atoms with E-state index in [2.05, 4.69) is 49.9 Å². The molecular weight excluding hydrogens is 399 g/mol. The first-order valence-electron chi connectivity index (χ1n) is 9.34. The Bertz CT molecular complexity index is 932. The molecule has 0 aromatic heterocycles. The predicted octanol–water partition coefficient (Wildman–Crippen LogP) is 4.28. The molecule has 0 amide bonds. The lowest BCUT2D eigenvalue weighted by Gasteiger charge is -2.34. The van der Waals surface area contributed by atoms with Crippen molar-refractivity contribution < 1.29 is 12.8 Å². The van der Waals surface area contributed by atoms with Gasteiger partial charge in [0, 0.05) is 32.7 Å². The van der Waals surface area contributed by atoms with Gasteiger partial charge in [0.25, 0.3) is 0 Å². The summed E-state index contributed by atoms with van der Waals surface area (Å²) in [6.45, 7) is 9.40. The molecule has 1 aliphatic rings. The second-order valence-electron chi connectivity index (χ2n) is 8.20. The highest BCUT2D eigenvalue weighted by molar-refractivity contribution is 7.89. The molecule has 0 spiro atoms. The molecule has 0 bridgehead atoms. The number of sulfonamides is 1. The van der Waals surface area contributed by atoms with E-state index < -0.39 is 15.8 Å². The number of piperazine rings is 1. The van der Waals surface area contributed by atoms with Gasteiger partial charge in [-0.1, -0.05) is 56.6 Å². The van der Waals surface area contributed by atoms with Crippen molar-refractivity contribution in [1.29, 1.82) is 0 Å². The zero-order valence-electron chi connectivity index (χ0n) is 16.5. The Labute approximate surface area is 172 Å². The Kier molecular flexibility index (Phi) is 6.15. The minimum absolute atomic E-state index is 0.0400. The zero-order chi connectivity index (χ0) is 20.5. The molecule has 0 saturated carbocycles. The first-order valence-corrected chi connectivity index (χ1v) is 11.2. The molecule has 1 heterocycles. The number of hydrogen-bond donors (Lipinski definition) is 0. The van der Waals surface area contributed by atoms with Gasteiger partial charge < -0.3 is 0 Å². The van der Waals surface area contributed by atoms with E-state index in [0.29, 0.717) is 26.2 Å². The van der Waals surface area contributed by atoms with Crippen molar-refractivity contribution in [3.05, 3.63) is 64.4 Å². The Morgan fingerprint density at radius 3 is 2.14 bits per heavy atom. The van der Waals surface area contributed by atoms with Crippen LogP contribution in [0.4, 0.5) is 4.39 Å². The maximum atomic E-state index is 13.2. The first-order chi connectivity index (χ1) is 13.1. The quantitative estimate of drug-likeness (QED) is 0.735. The summed E-state index contributed by atoms with van der Waals surface area (Å²) in [6.07, 6.45) is 0. The molecule has 2 aromatic carbocycles. The van der Waals surface area contributed by atoms with Crippen LogP contribution in [0.2, 0.25) is 5.02 Å². The van der Waals surface area contributed by atoms with Gasteiger partial charge in [-0.15, -0.1) is 0 Å². The van der Waals surface area contributed by atoms with Crippen LogP contribution in [0.5, 0.6) is 0 Å².